The molecule has 0 saturated carbocycles. The lowest BCUT2D eigenvalue weighted by molar-refractivity contribution is 0.464. The molecule has 2 rings (SSSR count). The maximum atomic E-state index is 12.9. The Morgan fingerprint density at radius 3 is 1.96 bits per heavy atom. The van der Waals surface area contributed by atoms with Gasteiger partial charge in [0.05, 0.1) is 4.90 Å². The first-order chi connectivity index (χ1) is 10.6. The summed E-state index contributed by atoms with van der Waals surface area (Å²) >= 11 is 0. The van der Waals surface area contributed by atoms with E-state index in [4.69, 9.17) is 0 Å². The summed E-state index contributed by atoms with van der Waals surface area (Å²) in [4.78, 5) is -0.516. The fraction of sp³-hybridized carbons (Fsp3) is 0.200. The van der Waals surface area contributed by atoms with Gasteiger partial charge >= 0.3 is 0 Å². The van der Waals surface area contributed by atoms with Crippen molar-refractivity contribution in [3.05, 3.63) is 59.9 Å². The molecule has 5 nitrogen and oxygen atoms in total. The molecule has 0 spiro atoms. The van der Waals surface area contributed by atoms with Crippen molar-refractivity contribution in [3.8, 4) is 0 Å². The molecule has 0 bridgehead atoms. The molecule has 0 aliphatic rings. The van der Waals surface area contributed by atoms with Gasteiger partial charge in [-0.25, -0.2) is 21.2 Å². The van der Waals surface area contributed by atoms with Crippen LogP contribution in [-0.4, -0.2) is 34.4 Å². The average molecular weight is 357 g/mol. The predicted octanol–water partition coefficient (Wildman–Crippen LogP) is 2.05. The second kappa shape index (κ2) is 6.38. The number of hydrogen-bond donors (Lipinski definition) is 0. The van der Waals surface area contributed by atoms with Crippen molar-refractivity contribution in [2.24, 2.45) is 0 Å². The second-order valence-corrected chi connectivity index (χ2v) is 9.10. The number of halogens is 1. The van der Waals surface area contributed by atoms with Crippen LogP contribution in [0.3, 0.4) is 0 Å². The van der Waals surface area contributed by atoms with E-state index in [1.165, 1.54) is 55.6 Å². The van der Waals surface area contributed by atoms with E-state index < -0.39 is 25.7 Å². The van der Waals surface area contributed by atoms with Crippen LogP contribution in [0, 0.1) is 5.82 Å². The fourth-order valence-corrected chi connectivity index (χ4v) is 4.83. The Morgan fingerprint density at radius 2 is 1.43 bits per heavy atom. The molecule has 0 atom stereocenters. The predicted molar refractivity (Wildman–Crippen MR) is 84.6 cm³/mol. The van der Waals surface area contributed by atoms with Crippen molar-refractivity contribution >= 4 is 19.9 Å². The van der Waals surface area contributed by atoms with Crippen LogP contribution in [0.5, 0.6) is 0 Å². The van der Waals surface area contributed by atoms with Crippen LogP contribution >= 0.6 is 0 Å². The number of sulfonamides is 1. The summed E-state index contributed by atoms with van der Waals surface area (Å²) in [6.07, 6.45) is 0.960. The van der Waals surface area contributed by atoms with Crippen LogP contribution in [0.15, 0.2) is 58.3 Å². The maximum absolute atomic E-state index is 12.9. The maximum Gasteiger partial charge on any atom is 0.244 e. The Morgan fingerprint density at radius 1 is 0.913 bits per heavy atom. The van der Waals surface area contributed by atoms with E-state index in [0.29, 0.717) is 5.56 Å². The molecule has 0 saturated heterocycles. The molecule has 124 valence electrons. The van der Waals surface area contributed by atoms with E-state index in [-0.39, 0.29) is 16.3 Å². The molecule has 8 heteroatoms. The lowest BCUT2D eigenvalue weighted by Crippen LogP contribution is -2.27. The minimum Gasteiger partial charge on any atom is -0.224 e. The van der Waals surface area contributed by atoms with Gasteiger partial charge in [0.2, 0.25) is 10.0 Å². The first-order valence-corrected chi connectivity index (χ1v) is 9.95. The zero-order valence-corrected chi connectivity index (χ0v) is 14.2. The van der Waals surface area contributed by atoms with Crippen LogP contribution in [0.4, 0.5) is 4.39 Å². The van der Waals surface area contributed by atoms with Gasteiger partial charge in [0.1, 0.15) is 10.7 Å². The van der Waals surface area contributed by atoms with Gasteiger partial charge in [-0.1, -0.05) is 24.3 Å². The Balaban J connectivity index is 2.41. The minimum atomic E-state index is -4.00. The van der Waals surface area contributed by atoms with Crippen molar-refractivity contribution in [2.75, 3.05) is 13.3 Å². The molecule has 0 aromatic heterocycles. The van der Waals surface area contributed by atoms with Gasteiger partial charge in [0, 0.05) is 19.8 Å². The third-order valence-electron chi connectivity index (χ3n) is 3.26. The van der Waals surface area contributed by atoms with Gasteiger partial charge < -0.3 is 0 Å². The molecule has 23 heavy (non-hydrogen) atoms. The van der Waals surface area contributed by atoms with E-state index in [9.17, 15) is 21.2 Å². The Labute approximate surface area is 135 Å². The SMILES string of the molecule is CN(Cc1ccc(F)cc1)S(=O)(=O)c1ccccc1S(C)(=O)=O. The molecule has 2 aromatic carbocycles. The molecule has 0 heterocycles. The Bertz CT molecular complexity index is 907. The number of benzene rings is 2. The van der Waals surface area contributed by atoms with Crippen LogP contribution in [-0.2, 0) is 26.4 Å². The third-order valence-corrected chi connectivity index (χ3v) is 6.40. The highest BCUT2D eigenvalue weighted by Gasteiger charge is 2.27. The minimum absolute atomic E-state index is 0.000704. The number of sulfone groups is 1. The molecule has 0 unspecified atom stereocenters. The molecule has 0 aliphatic heterocycles. The monoisotopic (exact) mass is 357 g/mol. The Kier molecular flexibility index (Phi) is 4.88. The quantitative estimate of drug-likeness (QED) is 0.821. The van der Waals surface area contributed by atoms with Gasteiger partial charge in [-0.15, -0.1) is 0 Å². The molecule has 0 N–H and O–H groups in total. The van der Waals surface area contributed by atoms with Crippen molar-refractivity contribution < 1.29 is 21.2 Å². The lowest BCUT2D eigenvalue weighted by atomic mass is 10.2. The highest BCUT2D eigenvalue weighted by Crippen LogP contribution is 2.24. The van der Waals surface area contributed by atoms with Crippen molar-refractivity contribution in [2.45, 2.75) is 16.3 Å². The zero-order valence-electron chi connectivity index (χ0n) is 12.6. The molecule has 2 aromatic rings. The van der Waals surface area contributed by atoms with Gasteiger partial charge in [0.15, 0.2) is 9.84 Å². The summed E-state index contributed by atoms with van der Waals surface area (Å²) in [5.41, 5.74) is 0.592. The number of rotatable bonds is 5. The summed E-state index contributed by atoms with van der Waals surface area (Å²) in [7, 11) is -6.34. The van der Waals surface area contributed by atoms with Crippen molar-refractivity contribution in [3.63, 3.8) is 0 Å². The van der Waals surface area contributed by atoms with Gasteiger partial charge in [-0.3, -0.25) is 0 Å². The van der Waals surface area contributed by atoms with Crippen LogP contribution < -0.4 is 0 Å². The highest BCUT2D eigenvalue weighted by molar-refractivity contribution is 7.93. The molecule has 0 fully saturated rings. The van der Waals surface area contributed by atoms with Gasteiger partial charge in [-0.2, -0.15) is 4.31 Å². The number of nitrogens with zero attached hydrogens (tertiary/aromatic N) is 1. The largest absolute Gasteiger partial charge is 0.244 e. The average Bonchev–Trinajstić information content (AvgIpc) is 2.48. The molecular formula is C15H16FNO4S2. The molecular weight excluding hydrogens is 341 g/mol. The van der Waals surface area contributed by atoms with E-state index in [1.807, 2.05) is 0 Å². The topological polar surface area (TPSA) is 71.5 Å². The first-order valence-electron chi connectivity index (χ1n) is 6.62. The first kappa shape index (κ1) is 17.6. The summed E-state index contributed by atoms with van der Waals surface area (Å²) in [6, 6.07) is 10.9. The van der Waals surface area contributed by atoms with Crippen molar-refractivity contribution in [1.82, 2.24) is 4.31 Å². The smallest absolute Gasteiger partial charge is 0.224 e. The van der Waals surface area contributed by atoms with Gasteiger partial charge in [0.25, 0.3) is 0 Å². The number of hydrogen-bond acceptors (Lipinski definition) is 4. The normalized spacial score (nSPS) is 12.5. The molecule has 0 aliphatic carbocycles. The highest BCUT2D eigenvalue weighted by atomic mass is 32.2. The molecule has 0 radical (unpaired) electrons. The third kappa shape index (κ3) is 3.95. The summed E-state index contributed by atoms with van der Waals surface area (Å²) < 4.78 is 62.8. The molecule has 0 amide bonds. The van der Waals surface area contributed by atoms with Crippen molar-refractivity contribution in [1.29, 1.82) is 0 Å². The second-order valence-electron chi connectivity index (χ2n) is 5.11. The lowest BCUT2D eigenvalue weighted by Gasteiger charge is -2.19. The summed E-state index contributed by atoms with van der Waals surface area (Å²) in [6.45, 7) is 0.000704. The van der Waals surface area contributed by atoms with E-state index in [0.717, 1.165) is 10.6 Å². The van der Waals surface area contributed by atoms with E-state index in [1.54, 1.807) is 0 Å². The standard InChI is InChI=1S/C15H16FNO4S2/c1-17(11-12-7-9-13(16)10-8-12)23(20,21)15-6-4-3-5-14(15)22(2,18)19/h3-10H,11H2,1-2H3. The van der Waals surface area contributed by atoms with Crippen LogP contribution in [0.2, 0.25) is 0 Å². The van der Waals surface area contributed by atoms with Gasteiger partial charge in [-0.05, 0) is 29.8 Å². The Hall–Kier alpha value is -1.77. The van der Waals surface area contributed by atoms with Crippen LogP contribution in [0.1, 0.15) is 5.56 Å². The fourth-order valence-electron chi connectivity index (χ4n) is 2.07. The van der Waals surface area contributed by atoms with E-state index >= 15 is 0 Å². The van der Waals surface area contributed by atoms with E-state index in [2.05, 4.69) is 0 Å². The van der Waals surface area contributed by atoms with Crippen LogP contribution in [0.25, 0.3) is 0 Å². The summed E-state index contributed by atoms with van der Waals surface area (Å²) in [5.74, 6) is -0.415. The summed E-state index contributed by atoms with van der Waals surface area (Å²) in [5, 5.41) is 0. The zero-order chi connectivity index (χ0) is 17.3.